The van der Waals surface area contributed by atoms with Crippen LogP contribution in [0.2, 0.25) is 0 Å². The highest BCUT2D eigenvalue weighted by atomic mass is 16.6. The van der Waals surface area contributed by atoms with Crippen LogP contribution in [0.15, 0.2) is 0 Å². The standard InChI is InChI=1S/C9H16O.C6H12O2.CH4/c1-2-3-7-4-5-8-9(6-7)10-8;1-2-3-7-4-6-5-8-6;/h7-9H,2-6H2,1H3;6H,2-5H2,1H3;1H4. The van der Waals surface area contributed by atoms with Crippen LogP contribution in [0.25, 0.3) is 0 Å². The Kier molecular flexibility index (Phi) is 7.96. The summed E-state index contributed by atoms with van der Waals surface area (Å²) in [6, 6.07) is 0. The average Bonchev–Trinajstić information content (AvgIpc) is 3.25. The van der Waals surface area contributed by atoms with Crippen LogP contribution in [0.4, 0.5) is 0 Å². The zero-order chi connectivity index (χ0) is 12.8. The van der Waals surface area contributed by atoms with E-state index in [4.69, 9.17) is 14.2 Å². The molecule has 0 bridgehead atoms. The Morgan fingerprint density at radius 2 is 1.89 bits per heavy atom. The molecule has 1 aliphatic carbocycles. The summed E-state index contributed by atoms with van der Waals surface area (Å²) in [5.41, 5.74) is 0. The van der Waals surface area contributed by atoms with Crippen LogP contribution in [-0.4, -0.2) is 38.1 Å². The van der Waals surface area contributed by atoms with Crippen LogP contribution in [0.5, 0.6) is 0 Å². The first-order valence-electron chi connectivity index (χ1n) is 7.68. The van der Waals surface area contributed by atoms with Crippen molar-refractivity contribution >= 4 is 0 Å². The number of ether oxygens (including phenoxy) is 3. The minimum Gasteiger partial charge on any atom is -0.379 e. The summed E-state index contributed by atoms with van der Waals surface area (Å²) >= 11 is 0. The van der Waals surface area contributed by atoms with Crippen molar-refractivity contribution in [3.8, 4) is 0 Å². The first-order valence-corrected chi connectivity index (χ1v) is 7.68. The lowest BCUT2D eigenvalue weighted by atomic mass is 9.86. The van der Waals surface area contributed by atoms with Gasteiger partial charge in [0.05, 0.1) is 25.4 Å². The lowest BCUT2D eigenvalue weighted by Crippen LogP contribution is -2.12. The third-order valence-electron chi connectivity index (χ3n) is 3.86. The van der Waals surface area contributed by atoms with E-state index < -0.39 is 0 Å². The van der Waals surface area contributed by atoms with Gasteiger partial charge >= 0.3 is 0 Å². The Hall–Kier alpha value is -0.120. The van der Waals surface area contributed by atoms with E-state index in [0.29, 0.717) is 18.3 Å². The number of hydrogen-bond acceptors (Lipinski definition) is 3. The average molecular weight is 272 g/mol. The van der Waals surface area contributed by atoms with Gasteiger partial charge in [-0.05, 0) is 31.6 Å². The van der Waals surface area contributed by atoms with E-state index in [2.05, 4.69) is 13.8 Å². The molecule has 19 heavy (non-hydrogen) atoms. The molecule has 3 heteroatoms. The maximum Gasteiger partial charge on any atom is 0.104 e. The fourth-order valence-electron chi connectivity index (χ4n) is 2.68. The van der Waals surface area contributed by atoms with Gasteiger partial charge in [-0.25, -0.2) is 0 Å². The lowest BCUT2D eigenvalue weighted by Gasteiger charge is -2.17. The Morgan fingerprint density at radius 3 is 2.47 bits per heavy atom. The SMILES string of the molecule is C.CCCC1CCC2OC2C1.CCCOCC1CO1. The first-order chi connectivity index (χ1) is 8.83. The van der Waals surface area contributed by atoms with E-state index in [9.17, 15) is 0 Å². The number of fused-ring (bicyclic) bond motifs is 1. The minimum absolute atomic E-state index is 0. The van der Waals surface area contributed by atoms with E-state index in [1.54, 1.807) is 0 Å². The third-order valence-corrected chi connectivity index (χ3v) is 3.86. The normalized spacial score (nSPS) is 34.4. The van der Waals surface area contributed by atoms with Crippen LogP contribution >= 0.6 is 0 Å². The van der Waals surface area contributed by atoms with Crippen molar-refractivity contribution in [1.29, 1.82) is 0 Å². The van der Waals surface area contributed by atoms with E-state index in [0.717, 1.165) is 32.2 Å². The van der Waals surface area contributed by atoms with Crippen molar-refractivity contribution in [1.82, 2.24) is 0 Å². The van der Waals surface area contributed by atoms with Crippen LogP contribution in [0.3, 0.4) is 0 Å². The van der Waals surface area contributed by atoms with Crippen molar-refractivity contribution in [3.63, 3.8) is 0 Å². The molecule has 4 atom stereocenters. The summed E-state index contributed by atoms with van der Waals surface area (Å²) in [7, 11) is 0. The van der Waals surface area contributed by atoms with Gasteiger partial charge in [-0.1, -0.05) is 34.1 Å². The summed E-state index contributed by atoms with van der Waals surface area (Å²) < 4.78 is 15.6. The summed E-state index contributed by atoms with van der Waals surface area (Å²) in [5.74, 6) is 0.994. The molecule has 0 N–H and O–H groups in total. The number of hydrogen-bond donors (Lipinski definition) is 0. The molecule has 0 radical (unpaired) electrons. The van der Waals surface area contributed by atoms with Gasteiger partial charge in [0.25, 0.3) is 0 Å². The van der Waals surface area contributed by atoms with Gasteiger partial charge < -0.3 is 14.2 Å². The van der Waals surface area contributed by atoms with Crippen molar-refractivity contribution in [2.24, 2.45) is 5.92 Å². The highest BCUT2D eigenvalue weighted by Crippen LogP contribution is 2.40. The van der Waals surface area contributed by atoms with Gasteiger partial charge in [-0.2, -0.15) is 0 Å². The highest BCUT2D eigenvalue weighted by Gasteiger charge is 2.43. The Balaban J connectivity index is 0.000000185. The topological polar surface area (TPSA) is 34.3 Å². The van der Waals surface area contributed by atoms with Gasteiger partial charge in [0.15, 0.2) is 0 Å². The molecule has 2 saturated heterocycles. The van der Waals surface area contributed by atoms with Crippen LogP contribution in [0, 0.1) is 5.92 Å². The van der Waals surface area contributed by atoms with E-state index in [1.807, 2.05) is 0 Å². The molecule has 4 unspecified atom stereocenters. The monoisotopic (exact) mass is 272 g/mol. The highest BCUT2D eigenvalue weighted by molar-refractivity contribution is 4.91. The van der Waals surface area contributed by atoms with E-state index >= 15 is 0 Å². The smallest absolute Gasteiger partial charge is 0.104 e. The first kappa shape index (κ1) is 16.9. The second-order valence-corrected chi connectivity index (χ2v) is 5.71. The van der Waals surface area contributed by atoms with Gasteiger partial charge in [-0.3, -0.25) is 0 Å². The van der Waals surface area contributed by atoms with Crippen LogP contribution in [-0.2, 0) is 14.2 Å². The predicted octanol–water partition coefficient (Wildman–Crippen LogP) is 3.80. The molecule has 0 aromatic rings. The molecule has 3 fully saturated rings. The third kappa shape index (κ3) is 6.73. The number of rotatable bonds is 6. The molecule has 3 nitrogen and oxygen atoms in total. The Morgan fingerprint density at radius 1 is 1.11 bits per heavy atom. The molecule has 114 valence electrons. The predicted molar refractivity (Wildman–Crippen MR) is 78.5 cm³/mol. The molecule has 0 spiro atoms. The molecular weight excluding hydrogens is 240 g/mol. The van der Waals surface area contributed by atoms with E-state index in [-0.39, 0.29) is 7.43 Å². The summed E-state index contributed by atoms with van der Waals surface area (Å²) in [5, 5.41) is 0. The molecule has 2 aliphatic heterocycles. The largest absolute Gasteiger partial charge is 0.379 e. The lowest BCUT2D eigenvalue weighted by molar-refractivity contribution is 0.117. The van der Waals surface area contributed by atoms with Crippen LogP contribution < -0.4 is 0 Å². The van der Waals surface area contributed by atoms with Gasteiger partial charge in [0.2, 0.25) is 0 Å². The van der Waals surface area contributed by atoms with Gasteiger partial charge in [0, 0.05) is 6.61 Å². The van der Waals surface area contributed by atoms with Crippen molar-refractivity contribution < 1.29 is 14.2 Å². The molecular formula is C16H32O3. The summed E-state index contributed by atoms with van der Waals surface area (Å²) in [6.07, 6.45) is 9.81. The fourth-order valence-corrected chi connectivity index (χ4v) is 2.68. The van der Waals surface area contributed by atoms with Gasteiger partial charge in [-0.15, -0.1) is 0 Å². The van der Waals surface area contributed by atoms with Crippen molar-refractivity contribution in [2.75, 3.05) is 19.8 Å². The molecule has 3 rings (SSSR count). The van der Waals surface area contributed by atoms with Crippen molar-refractivity contribution in [2.45, 2.75) is 78.1 Å². The zero-order valence-electron chi connectivity index (χ0n) is 11.9. The van der Waals surface area contributed by atoms with Gasteiger partial charge in [0.1, 0.15) is 6.10 Å². The second-order valence-electron chi connectivity index (χ2n) is 5.71. The minimum atomic E-state index is 0. The number of epoxide rings is 2. The maximum absolute atomic E-state index is 5.45. The molecule has 0 amide bonds. The Bertz CT molecular complexity index is 228. The molecule has 3 aliphatic rings. The zero-order valence-corrected chi connectivity index (χ0v) is 11.9. The summed E-state index contributed by atoms with van der Waals surface area (Å²) in [6.45, 7) is 6.96. The van der Waals surface area contributed by atoms with E-state index in [1.165, 1.54) is 32.1 Å². The molecule has 0 aromatic heterocycles. The fraction of sp³-hybridized carbons (Fsp3) is 1.00. The molecule has 1 saturated carbocycles. The molecule has 0 aromatic carbocycles. The maximum atomic E-state index is 5.45. The van der Waals surface area contributed by atoms with Crippen molar-refractivity contribution in [3.05, 3.63) is 0 Å². The summed E-state index contributed by atoms with van der Waals surface area (Å²) in [4.78, 5) is 0. The Labute approximate surface area is 119 Å². The quantitative estimate of drug-likeness (QED) is 0.545. The van der Waals surface area contributed by atoms with Crippen LogP contribution in [0.1, 0.15) is 59.8 Å². The second kappa shape index (κ2) is 8.93. The molecule has 2 heterocycles.